The van der Waals surface area contributed by atoms with Crippen LogP contribution in [0.5, 0.6) is 5.75 Å². The number of fused-ring (bicyclic) bond motifs is 6. The number of esters is 1. The third-order valence-electron chi connectivity index (χ3n) is 6.55. The fourth-order valence-electron chi connectivity index (χ4n) is 5.20. The van der Waals surface area contributed by atoms with Crippen molar-refractivity contribution in [3.8, 4) is 5.75 Å². The summed E-state index contributed by atoms with van der Waals surface area (Å²) in [6.45, 7) is 1.90. The Morgan fingerprint density at radius 3 is 2.71 bits per heavy atom. The first-order valence-electron chi connectivity index (χ1n) is 10.5. The maximum Gasteiger partial charge on any atom is 0.339 e. The molecule has 1 N–H and O–H groups in total. The van der Waals surface area contributed by atoms with Crippen LogP contribution in [0.2, 0.25) is 0 Å². The lowest BCUT2D eigenvalue weighted by Crippen LogP contribution is -2.27. The predicted octanol–water partition coefficient (Wildman–Crippen LogP) is 3.87. The molecule has 1 aliphatic heterocycles. The number of benzene rings is 2. The molecule has 2 aliphatic rings. The van der Waals surface area contributed by atoms with Gasteiger partial charge < -0.3 is 14.1 Å². The molecule has 0 amide bonds. The van der Waals surface area contributed by atoms with Crippen LogP contribution in [0, 0.1) is 6.92 Å². The number of carbonyl (C=O) groups excluding carboxylic acids is 1. The van der Waals surface area contributed by atoms with Crippen LogP contribution in [0.15, 0.2) is 50.4 Å². The molecule has 1 atom stereocenters. The molecule has 4 aromatic rings. The Hall–Kier alpha value is -3.67. The van der Waals surface area contributed by atoms with Crippen LogP contribution in [0.1, 0.15) is 46.6 Å². The molecule has 31 heavy (non-hydrogen) atoms. The molecular formula is C25H19NO5. The Labute approximate surface area is 176 Å². The van der Waals surface area contributed by atoms with Crippen molar-refractivity contribution in [3.63, 3.8) is 0 Å². The van der Waals surface area contributed by atoms with Gasteiger partial charge in [0.1, 0.15) is 11.3 Å². The molecule has 0 fully saturated rings. The first-order chi connectivity index (χ1) is 15.0. The summed E-state index contributed by atoms with van der Waals surface area (Å²) in [6.07, 6.45) is 2.35. The number of pyridine rings is 1. The molecule has 0 spiro atoms. The van der Waals surface area contributed by atoms with Gasteiger partial charge in [-0.05, 0) is 60.9 Å². The number of ether oxygens (including phenoxy) is 1. The van der Waals surface area contributed by atoms with E-state index in [9.17, 15) is 14.4 Å². The van der Waals surface area contributed by atoms with Gasteiger partial charge in [-0.1, -0.05) is 18.2 Å². The highest BCUT2D eigenvalue weighted by Gasteiger charge is 2.35. The zero-order chi connectivity index (χ0) is 21.3. The normalized spacial score (nSPS) is 17.6. The highest BCUT2D eigenvalue weighted by molar-refractivity contribution is 5.95. The fourth-order valence-corrected chi connectivity index (χ4v) is 5.20. The second-order valence-electron chi connectivity index (χ2n) is 8.38. The lowest BCUT2D eigenvalue weighted by atomic mass is 9.82. The first-order valence-corrected chi connectivity index (χ1v) is 10.5. The molecule has 2 aromatic heterocycles. The molecule has 0 bridgehead atoms. The molecule has 0 saturated carbocycles. The Morgan fingerprint density at radius 1 is 1.03 bits per heavy atom. The number of aromatic amines is 1. The van der Waals surface area contributed by atoms with Gasteiger partial charge in [-0.2, -0.15) is 0 Å². The van der Waals surface area contributed by atoms with Crippen molar-refractivity contribution < 1.29 is 13.9 Å². The van der Waals surface area contributed by atoms with Gasteiger partial charge in [0.25, 0.3) is 5.56 Å². The van der Waals surface area contributed by atoms with E-state index in [4.69, 9.17) is 9.15 Å². The molecule has 6 nitrogen and oxygen atoms in total. The van der Waals surface area contributed by atoms with E-state index in [1.165, 1.54) is 0 Å². The third kappa shape index (κ3) is 2.61. The summed E-state index contributed by atoms with van der Waals surface area (Å²) < 4.78 is 11.4. The van der Waals surface area contributed by atoms with Crippen LogP contribution in [-0.4, -0.2) is 11.0 Å². The highest BCUT2D eigenvalue weighted by atomic mass is 16.5. The molecular weight excluding hydrogens is 394 g/mol. The van der Waals surface area contributed by atoms with E-state index in [1.54, 1.807) is 0 Å². The Kier molecular flexibility index (Phi) is 3.75. The van der Waals surface area contributed by atoms with Crippen molar-refractivity contribution >= 4 is 27.8 Å². The maximum atomic E-state index is 13.0. The van der Waals surface area contributed by atoms with Crippen LogP contribution in [-0.2, 0) is 17.6 Å². The number of rotatable bonds is 1. The number of H-pyrrole nitrogens is 1. The second kappa shape index (κ2) is 6.41. The van der Waals surface area contributed by atoms with Crippen molar-refractivity contribution in [2.75, 3.05) is 0 Å². The lowest BCUT2D eigenvalue weighted by Gasteiger charge is -2.27. The van der Waals surface area contributed by atoms with Gasteiger partial charge in [0, 0.05) is 28.1 Å². The van der Waals surface area contributed by atoms with E-state index >= 15 is 0 Å². The molecule has 3 heterocycles. The van der Waals surface area contributed by atoms with Gasteiger partial charge in [-0.25, -0.2) is 4.79 Å². The standard InChI is InChI=1S/C25H19NO5/c1-12-9-19-22(14-6-4-7-15(14)25(29)30-19)23-21(12)16(11-20(27)31-23)17-10-13-5-2-3-8-18(13)26-24(17)28/h2-3,5,8-10,16H,4,6-7,11H2,1H3,(H,26,28). The van der Waals surface area contributed by atoms with Gasteiger partial charge in [0.15, 0.2) is 0 Å². The third-order valence-corrected chi connectivity index (χ3v) is 6.55. The number of nitrogens with one attached hydrogen (secondary N) is 1. The van der Waals surface area contributed by atoms with Crippen LogP contribution < -0.4 is 15.9 Å². The molecule has 2 aromatic carbocycles. The molecule has 1 unspecified atom stereocenters. The summed E-state index contributed by atoms with van der Waals surface area (Å²) in [6, 6.07) is 11.3. The van der Waals surface area contributed by atoms with E-state index in [1.807, 2.05) is 43.3 Å². The SMILES string of the molecule is Cc1cc2oc(=O)c3c(c2c2c1C(c1cc4ccccc4[nH]c1=O)CC(=O)O2)CCC3. The Bertz CT molecular complexity index is 1540. The molecule has 6 rings (SSSR count). The number of aromatic nitrogens is 1. The van der Waals surface area contributed by atoms with E-state index in [2.05, 4.69) is 4.98 Å². The molecule has 154 valence electrons. The number of carbonyl (C=O) groups is 1. The summed E-state index contributed by atoms with van der Waals surface area (Å²) in [7, 11) is 0. The van der Waals surface area contributed by atoms with E-state index in [0.29, 0.717) is 34.3 Å². The van der Waals surface area contributed by atoms with Crippen LogP contribution in [0.4, 0.5) is 0 Å². The van der Waals surface area contributed by atoms with Gasteiger partial charge in [-0.3, -0.25) is 9.59 Å². The zero-order valence-corrected chi connectivity index (χ0v) is 16.9. The second-order valence-corrected chi connectivity index (χ2v) is 8.38. The van der Waals surface area contributed by atoms with Crippen LogP contribution in [0.25, 0.3) is 21.9 Å². The van der Waals surface area contributed by atoms with E-state index in [0.717, 1.165) is 40.4 Å². The van der Waals surface area contributed by atoms with Crippen molar-refractivity contribution in [3.05, 3.63) is 85.0 Å². The monoisotopic (exact) mass is 413 g/mol. The summed E-state index contributed by atoms with van der Waals surface area (Å²) in [5.41, 5.74) is 4.41. The molecule has 0 saturated heterocycles. The van der Waals surface area contributed by atoms with Gasteiger partial charge in [-0.15, -0.1) is 0 Å². The maximum absolute atomic E-state index is 13.0. The number of para-hydroxylation sites is 1. The quantitative estimate of drug-likeness (QED) is 0.291. The van der Waals surface area contributed by atoms with Crippen LogP contribution in [0.3, 0.4) is 0 Å². The minimum absolute atomic E-state index is 0.0831. The van der Waals surface area contributed by atoms with Crippen molar-refractivity contribution in [2.24, 2.45) is 0 Å². The van der Waals surface area contributed by atoms with E-state index < -0.39 is 11.9 Å². The number of hydrogen-bond donors (Lipinski definition) is 1. The van der Waals surface area contributed by atoms with Gasteiger partial charge in [0.05, 0.1) is 11.8 Å². The molecule has 1 aliphatic carbocycles. The van der Waals surface area contributed by atoms with Gasteiger partial charge >= 0.3 is 11.6 Å². The number of hydrogen-bond acceptors (Lipinski definition) is 5. The number of aryl methyl sites for hydroxylation is 2. The average molecular weight is 413 g/mol. The topological polar surface area (TPSA) is 89.4 Å². The minimum atomic E-state index is -0.432. The van der Waals surface area contributed by atoms with Crippen molar-refractivity contribution in [2.45, 2.75) is 38.5 Å². The van der Waals surface area contributed by atoms with Crippen LogP contribution >= 0.6 is 0 Å². The van der Waals surface area contributed by atoms with Crippen molar-refractivity contribution in [1.82, 2.24) is 4.98 Å². The van der Waals surface area contributed by atoms with Gasteiger partial charge in [0.2, 0.25) is 0 Å². The summed E-state index contributed by atoms with van der Waals surface area (Å²) in [4.78, 5) is 41.0. The van der Waals surface area contributed by atoms with Crippen molar-refractivity contribution in [1.29, 1.82) is 0 Å². The Balaban J connectivity index is 1.68. The summed E-state index contributed by atoms with van der Waals surface area (Å²) in [5.74, 6) is -0.390. The lowest BCUT2D eigenvalue weighted by molar-refractivity contribution is -0.135. The summed E-state index contributed by atoms with van der Waals surface area (Å²) in [5, 5.41) is 1.60. The average Bonchev–Trinajstić information content (AvgIpc) is 3.23. The van der Waals surface area contributed by atoms with E-state index in [-0.39, 0.29) is 17.6 Å². The molecule has 0 radical (unpaired) electrons. The molecule has 6 heteroatoms. The Morgan fingerprint density at radius 2 is 1.84 bits per heavy atom. The first kappa shape index (κ1) is 18.1. The minimum Gasteiger partial charge on any atom is -0.425 e. The smallest absolute Gasteiger partial charge is 0.339 e. The fraction of sp³-hybridized carbons (Fsp3) is 0.240. The summed E-state index contributed by atoms with van der Waals surface area (Å²) >= 11 is 0. The largest absolute Gasteiger partial charge is 0.425 e. The zero-order valence-electron chi connectivity index (χ0n) is 16.9. The highest BCUT2D eigenvalue weighted by Crippen LogP contribution is 2.46. The predicted molar refractivity (Wildman–Crippen MR) is 116 cm³/mol.